The van der Waals surface area contributed by atoms with Gasteiger partial charge in [0.25, 0.3) is 0 Å². The molecule has 0 fully saturated rings. The lowest BCUT2D eigenvalue weighted by Crippen LogP contribution is -2.12. The molecule has 48 heavy (non-hydrogen) atoms. The molecule has 2 N–H and O–H groups in total. The highest BCUT2D eigenvalue weighted by atomic mass is 79.9. The summed E-state index contributed by atoms with van der Waals surface area (Å²) in [6, 6.07) is 12.4. The van der Waals surface area contributed by atoms with Crippen molar-refractivity contribution in [3.05, 3.63) is 88.7 Å². The van der Waals surface area contributed by atoms with Crippen LogP contribution in [0.25, 0.3) is 0 Å². The lowest BCUT2D eigenvalue weighted by molar-refractivity contribution is -0.242. The van der Waals surface area contributed by atoms with Crippen molar-refractivity contribution in [2.45, 2.75) is 51.3 Å². The number of halogens is 5. The first-order chi connectivity index (χ1) is 23.0. The summed E-state index contributed by atoms with van der Waals surface area (Å²) >= 11 is 18.6. The SMILES string of the molecule is CCCCCCCCOO.COc1c(Br)cc(C(=O)OOC(=O)c2cc(Br)c(OC)c(Br)c2)cc1Br.O=C(OO)c1ccc(CCl)cc1. The fourth-order valence-corrected chi connectivity index (χ4v) is 6.85. The van der Waals surface area contributed by atoms with Gasteiger partial charge in [0.1, 0.15) is 11.5 Å². The van der Waals surface area contributed by atoms with E-state index in [9.17, 15) is 14.4 Å². The van der Waals surface area contributed by atoms with E-state index in [2.05, 4.69) is 90.2 Å². The van der Waals surface area contributed by atoms with Crippen LogP contribution in [0, 0.1) is 0 Å². The molecule has 3 aromatic rings. The number of hydrogen-bond acceptors (Lipinski definition) is 11. The van der Waals surface area contributed by atoms with Crippen LogP contribution in [0.5, 0.6) is 11.5 Å². The smallest absolute Gasteiger partial charge is 0.386 e. The van der Waals surface area contributed by atoms with Gasteiger partial charge >= 0.3 is 17.9 Å². The molecular formula is C32H35Br4ClO11. The molecule has 0 unspecified atom stereocenters. The molecule has 0 aliphatic rings. The zero-order valence-electron chi connectivity index (χ0n) is 26.2. The van der Waals surface area contributed by atoms with E-state index >= 15 is 0 Å². The molecule has 0 spiro atoms. The zero-order chi connectivity index (χ0) is 36.1. The molecule has 3 rings (SSSR count). The normalized spacial score (nSPS) is 10.0. The predicted octanol–water partition coefficient (Wildman–Crippen LogP) is 10.6. The number of carbonyl (C=O) groups excluding carboxylic acids is 3. The minimum absolute atomic E-state index is 0.162. The molecular weight excluding hydrogens is 915 g/mol. The maximum absolute atomic E-state index is 12.1. The van der Waals surface area contributed by atoms with Gasteiger partial charge in [-0.1, -0.05) is 51.2 Å². The third kappa shape index (κ3) is 15.5. The third-order valence-corrected chi connectivity index (χ3v) is 8.75. The van der Waals surface area contributed by atoms with Crippen molar-refractivity contribution in [3.8, 4) is 11.5 Å². The van der Waals surface area contributed by atoms with Crippen LogP contribution in [-0.4, -0.2) is 49.2 Å². The maximum atomic E-state index is 12.1. The first kappa shape index (κ1) is 43.8. The van der Waals surface area contributed by atoms with E-state index in [4.69, 9.17) is 31.6 Å². The topological polar surface area (TPSA) is 147 Å². The number of ether oxygens (including phenoxy) is 2. The Bertz CT molecular complexity index is 1330. The molecule has 0 radical (unpaired) electrons. The van der Waals surface area contributed by atoms with Crippen molar-refractivity contribution in [3.63, 3.8) is 0 Å². The van der Waals surface area contributed by atoms with Gasteiger partial charge in [0.15, 0.2) is 0 Å². The minimum atomic E-state index is -0.839. The fourth-order valence-electron chi connectivity index (χ4n) is 3.65. The van der Waals surface area contributed by atoms with Gasteiger partial charge in [-0.2, -0.15) is 5.26 Å². The number of rotatable bonds is 13. The van der Waals surface area contributed by atoms with Crippen molar-refractivity contribution in [1.82, 2.24) is 0 Å². The van der Waals surface area contributed by atoms with Crippen molar-refractivity contribution >= 4 is 93.2 Å². The van der Waals surface area contributed by atoms with E-state index in [-0.39, 0.29) is 11.1 Å². The first-order valence-corrected chi connectivity index (χ1v) is 17.9. The average Bonchev–Trinajstić information content (AvgIpc) is 3.08. The van der Waals surface area contributed by atoms with Gasteiger partial charge in [0, 0.05) is 5.88 Å². The minimum Gasteiger partial charge on any atom is -0.494 e. The summed E-state index contributed by atoms with van der Waals surface area (Å²) in [6.07, 6.45) is 7.39. The molecule has 16 heteroatoms. The van der Waals surface area contributed by atoms with E-state index in [1.54, 1.807) is 12.1 Å². The summed E-state index contributed by atoms with van der Waals surface area (Å²) in [5.41, 5.74) is 1.53. The van der Waals surface area contributed by atoms with Crippen molar-refractivity contribution < 1.29 is 53.9 Å². The number of methoxy groups -OCH3 is 2. The van der Waals surface area contributed by atoms with Crippen LogP contribution in [0.1, 0.15) is 82.1 Å². The summed E-state index contributed by atoms with van der Waals surface area (Å²) in [5, 5.41) is 16.0. The zero-order valence-corrected chi connectivity index (χ0v) is 33.3. The van der Waals surface area contributed by atoms with Gasteiger partial charge in [-0.3, -0.25) is 10.1 Å². The van der Waals surface area contributed by atoms with Crippen molar-refractivity contribution in [2.75, 3.05) is 20.8 Å². The Balaban J connectivity index is 0.000000431. The van der Waals surface area contributed by atoms with E-state index in [1.807, 2.05) is 0 Å². The molecule has 0 aliphatic heterocycles. The molecule has 0 atom stereocenters. The highest BCUT2D eigenvalue weighted by Crippen LogP contribution is 2.36. The number of benzene rings is 3. The van der Waals surface area contributed by atoms with E-state index in [0.29, 0.717) is 47.4 Å². The largest absolute Gasteiger partial charge is 0.494 e. The van der Waals surface area contributed by atoms with Crippen LogP contribution in [0.4, 0.5) is 0 Å². The number of alkyl halides is 1. The summed E-state index contributed by atoms with van der Waals surface area (Å²) in [4.78, 5) is 51.7. The fraction of sp³-hybridized carbons (Fsp3) is 0.344. The Hall–Kier alpha value is -2.24. The average molecular weight is 951 g/mol. The quantitative estimate of drug-likeness (QED) is 0.0730. The number of carbonyl (C=O) groups is 3. The molecule has 0 saturated heterocycles. The molecule has 0 bridgehead atoms. The number of unbranched alkanes of at least 4 members (excludes halogenated alkanes) is 5. The second-order valence-corrected chi connectivity index (χ2v) is 13.2. The maximum Gasteiger partial charge on any atom is 0.386 e. The lowest BCUT2D eigenvalue weighted by Gasteiger charge is -2.10. The highest BCUT2D eigenvalue weighted by Gasteiger charge is 2.19. The van der Waals surface area contributed by atoms with Crippen molar-refractivity contribution in [2.24, 2.45) is 0 Å². The van der Waals surface area contributed by atoms with E-state index in [1.165, 1.54) is 82.7 Å². The third-order valence-electron chi connectivity index (χ3n) is 6.09. The van der Waals surface area contributed by atoms with Gasteiger partial charge in [0.05, 0.1) is 55.4 Å². The molecule has 0 saturated carbocycles. The molecule has 0 aliphatic carbocycles. The highest BCUT2D eigenvalue weighted by molar-refractivity contribution is 9.11. The Morgan fingerprint density at radius 2 is 1.06 bits per heavy atom. The van der Waals surface area contributed by atoms with Crippen molar-refractivity contribution in [1.29, 1.82) is 0 Å². The lowest BCUT2D eigenvalue weighted by atomic mass is 10.1. The predicted molar refractivity (Wildman–Crippen MR) is 194 cm³/mol. The van der Waals surface area contributed by atoms with E-state index < -0.39 is 17.9 Å². The number of hydrogen-bond donors (Lipinski definition) is 2. The first-order valence-electron chi connectivity index (χ1n) is 14.2. The second-order valence-electron chi connectivity index (χ2n) is 9.50. The Morgan fingerprint density at radius 3 is 1.42 bits per heavy atom. The molecule has 0 amide bonds. The monoisotopic (exact) mass is 946 g/mol. The Labute approximate surface area is 317 Å². The van der Waals surface area contributed by atoms with Gasteiger partial charge < -0.3 is 9.47 Å². The Morgan fingerprint density at radius 1 is 0.646 bits per heavy atom. The van der Waals surface area contributed by atoms with Crippen LogP contribution < -0.4 is 9.47 Å². The van der Waals surface area contributed by atoms with Gasteiger partial charge in [0.2, 0.25) is 0 Å². The summed E-state index contributed by atoms with van der Waals surface area (Å²) in [6.45, 7) is 2.70. The summed E-state index contributed by atoms with van der Waals surface area (Å²) in [7, 11) is 2.99. The van der Waals surface area contributed by atoms with Gasteiger partial charge in [-0.15, -0.1) is 11.6 Å². The van der Waals surface area contributed by atoms with Crippen LogP contribution in [0.15, 0.2) is 66.4 Å². The van der Waals surface area contributed by atoms with Gasteiger partial charge in [-0.25, -0.2) is 29.0 Å². The van der Waals surface area contributed by atoms with Crippen LogP contribution in [0.3, 0.4) is 0 Å². The Kier molecular flexibility index (Phi) is 22.6. The molecule has 0 aromatic heterocycles. The second kappa shape index (κ2) is 24.8. The van der Waals surface area contributed by atoms with Crippen LogP contribution in [0.2, 0.25) is 0 Å². The molecule has 11 nitrogen and oxygen atoms in total. The van der Waals surface area contributed by atoms with Gasteiger partial charge in [-0.05, 0) is 112 Å². The van der Waals surface area contributed by atoms with E-state index in [0.717, 1.165) is 12.0 Å². The molecule has 0 heterocycles. The van der Waals surface area contributed by atoms with Crippen LogP contribution in [-0.2, 0) is 25.4 Å². The molecule has 3 aromatic carbocycles. The summed E-state index contributed by atoms with van der Waals surface area (Å²) < 4.78 is 12.5. The van der Waals surface area contributed by atoms with Crippen LogP contribution >= 0.6 is 75.3 Å². The standard InChI is InChI=1S/C16H10Br4O6.C8H7ClO3.C8H18O2/c1-23-13-9(17)3-7(4-10(13)18)15(21)25-26-16(22)8-5-11(19)14(24-2)12(20)6-8;9-5-6-1-3-7(4-2-6)8(10)12-11;1-2-3-4-5-6-7-8-10-9/h3-6H,1-2H3;1-4,11H,5H2;9H,2-8H2,1H3. The molecule has 264 valence electrons. The summed E-state index contributed by atoms with van der Waals surface area (Å²) in [5.74, 6) is -1.01.